The van der Waals surface area contributed by atoms with Gasteiger partial charge in [0.25, 0.3) is 0 Å². The Hall–Kier alpha value is -0.490. The van der Waals surface area contributed by atoms with E-state index in [0.717, 1.165) is 14.2 Å². The van der Waals surface area contributed by atoms with Gasteiger partial charge in [-0.2, -0.15) is 0 Å². The molecule has 0 aromatic heterocycles. The van der Waals surface area contributed by atoms with Crippen molar-refractivity contribution in [3.63, 3.8) is 0 Å². The minimum atomic E-state index is 0.102. The number of guanidine groups is 1. The highest BCUT2D eigenvalue weighted by molar-refractivity contribution is 14.1. The van der Waals surface area contributed by atoms with Crippen LogP contribution in [0.25, 0.3) is 0 Å². The maximum absolute atomic E-state index is 5.85. The Labute approximate surface area is 95.3 Å². The number of rotatable bonds is 2. The Morgan fingerprint density at radius 2 is 2.15 bits per heavy atom. The molecule has 0 aliphatic rings. The molecule has 0 spiro atoms. The number of benzene rings is 1. The topological polar surface area (TPSA) is 64.4 Å². The maximum Gasteiger partial charge on any atom is 0.186 e. The molecule has 1 aromatic rings. The van der Waals surface area contributed by atoms with E-state index in [1.54, 1.807) is 0 Å². The molecule has 0 atom stereocenters. The number of nitrogens with zero attached hydrogens (tertiary/aromatic N) is 1. The molecule has 0 radical (unpaired) electrons. The summed E-state index contributed by atoms with van der Waals surface area (Å²) in [5, 5.41) is 0.744. The van der Waals surface area contributed by atoms with E-state index in [-0.39, 0.29) is 5.96 Å². The van der Waals surface area contributed by atoms with Crippen LogP contribution in [-0.2, 0) is 6.54 Å². The molecule has 0 aliphatic carbocycles. The van der Waals surface area contributed by atoms with Crippen molar-refractivity contribution in [3.05, 3.63) is 32.4 Å². The summed E-state index contributed by atoms with van der Waals surface area (Å²) in [5.74, 6) is 0.102. The van der Waals surface area contributed by atoms with Crippen molar-refractivity contribution >= 4 is 40.2 Å². The SMILES string of the molecule is NC(N)=NCc1ccc(Cl)c(I)c1. The monoisotopic (exact) mass is 309 g/mol. The van der Waals surface area contributed by atoms with E-state index < -0.39 is 0 Å². The van der Waals surface area contributed by atoms with Crippen LogP contribution in [0, 0.1) is 3.57 Å². The predicted molar refractivity (Wildman–Crippen MR) is 63.7 cm³/mol. The van der Waals surface area contributed by atoms with Gasteiger partial charge in [-0.05, 0) is 40.3 Å². The van der Waals surface area contributed by atoms with Gasteiger partial charge in [0, 0.05) is 3.57 Å². The van der Waals surface area contributed by atoms with Crippen LogP contribution in [-0.4, -0.2) is 5.96 Å². The molecule has 0 amide bonds. The summed E-state index contributed by atoms with van der Waals surface area (Å²) in [4.78, 5) is 3.89. The highest BCUT2D eigenvalue weighted by atomic mass is 127. The van der Waals surface area contributed by atoms with Crippen LogP contribution in [0.15, 0.2) is 23.2 Å². The normalized spacial score (nSPS) is 9.69. The Balaban J connectivity index is 2.80. The zero-order valence-electron chi connectivity index (χ0n) is 6.80. The zero-order chi connectivity index (χ0) is 9.84. The van der Waals surface area contributed by atoms with E-state index >= 15 is 0 Å². The molecule has 0 bridgehead atoms. The number of nitrogens with two attached hydrogens (primary N) is 2. The summed E-state index contributed by atoms with van der Waals surface area (Å²) in [7, 11) is 0. The fourth-order valence-corrected chi connectivity index (χ4v) is 1.52. The Bertz CT molecular complexity index is 334. The highest BCUT2D eigenvalue weighted by Gasteiger charge is 1.97. The molecular weight excluding hydrogens is 300 g/mol. The Morgan fingerprint density at radius 3 is 2.69 bits per heavy atom. The van der Waals surface area contributed by atoms with Crippen LogP contribution >= 0.6 is 34.2 Å². The van der Waals surface area contributed by atoms with Crippen molar-refractivity contribution in [2.24, 2.45) is 16.5 Å². The van der Waals surface area contributed by atoms with Crippen molar-refractivity contribution in [2.75, 3.05) is 0 Å². The van der Waals surface area contributed by atoms with Crippen molar-refractivity contribution < 1.29 is 0 Å². The Kier molecular flexibility index (Phi) is 3.80. The second-order valence-corrected chi connectivity index (χ2v) is 4.06. The second-order valence-electron chi connectivity index (χ2n) is 2.49. The van der Waals surface area contributed by atoms with Gasteiger partial charge in [0.1, 0.15) is 0 Å². The maximum atomic E-state index is 5.85. The van der Waals surface area contributed by atoms with Gasteiger partial charge in [0.05, 0.1) is 11.6 Å². The number of halogens is 2. The van der Waals surface area contributed by atoms with Crippen LogP contribution < -0.4 is 11.5 Å². The molecule has 0 unspecified atom stereocenters. The van der Waals surface area contributed by atoms with Gasteiger partial charge in [-0.3, -0.25) is 0 Å². The zero-order valence-corrected chi connectivity index (χ0v) is 9.71. The van der Waals surface area contributed by atoms with Gasteiger partial charge in [-0.25, -0.2) is 4.99 Å². The van der Waals surface area contributed by atoms with E-state index in [9.17, 15) is 0 Å². The van der Waals surface area contributed by atoms with Crippen molar-refractivity contribution in [1.29, 1.82) is 0 Å². The lowest BCUT2D eigenvalue weighted by Crippen LogP contribution is -2.22. The molecule has 70 valence electrons. The number of hydrogen-bond acceptors (Lipinski definition) is 1. The number of aliphatic imine (C=N–C) groups is 1. The molecule has 0 fully saturated rings. The summed E-state index contributed by atoms with van der Waals surface area (Å²) in [5.41, 5.74) is 11.5. The van der Waals surface area contributed by atoms with Crippen molar-refractivity contribution in [1.82, 2.24) is 0 Å². The quantitative estimate of drug-likeness (QED) is 0.496. The summed E-state index contributed by atoms with van der Waals surface area (Å²) in [6.07, 6.45) is 0. The summed E-state index contributed by atoms with van der Waals surface area (Å²) in [6, 6.07) is 5.69. The minimum absolute atomic E-state index is 0.102. The average molecular weight is 310 g/mol. The molecular formula is C8H9ClIN3. The Morgan fingerprint density at radius 1 is 1.46 bits per heavy atom. The molecule has 0 saturated carbocycles. The smallest absolute Gasteiger partial charge is 0.186 e. The fraction of sp³-hybridized carbons (Fsp3) is 0.125. The average Bonchev–Trinajstić information content (AvgIpc) is 2.07. The van der Waals surface area contributed by atoms with Gasteiger partial charge >= 0.3 is 0 Å². The second kappa shape index (κ2) is 4.66. The van der Waals surface area contributed by atoms with E-state index in [1.807, 2.05) is 18.2 Å². The molecule has 4 N–H and O–H groups in total. The van der Waals surface area contributed by atoms with Gasteiger partial charge < -0.3 is 11.5 Å². The third-order valence-electron chi connectivity index (χ3n) is 1.43. The summed E-state index contributed by atoms with van der Waals surface area (Å²) < 4.78 is 1.00. The first-order chi connectivity index (χ1) is 6.09. The van der Waals surface area contributed by atoms with Gasteiger partial charge in [0.15, 0.2) is 5.96 Å². The fourth-order valence-electron chi connectivity index (χ4n) is 0.821. The highest BCUT2D eigenvalue weighted by Crippen LogP contribution is 2.19. The van der Waals surface area contributed by atoms with Gasteiger partial charge in [-0.1, -0.05) is 17.7 Å². The van der Waals surface area contributed by atoms with E-state index in [2.05, 4.69) is 27.6 Å². The molecule has 13 heavy (non-hydrogen) atoms. The van der Waals surface area contributed by atoms with Gasteiger partial charge in [0.2, 0.25) is 0 Å². The molecule has 0 heterocycles. The first-order valence-corrected chi connectivity index (χ1v) is 5.04. The third-order valence-corrected chi connectivity index (χ3v) is 2.97. The van der Waals surface area contributed by atoms with Crippen molar-refractivity contribution in [3.8, 4) is 0 Å². The van der Waals surface area contributed by atoms with E-state index in [1.165, 1.54) is 0 Å². The molecule has 1 rings (SSSR count). The van der Waals surface area contributed by atoms with Crippen LogP contribution in [0.1, 0.15) is 5.56 Å². The number of hydrogen-bond donors (Lipinski definition) is 2. The van der Waals surface area contributed by atoms with Gasteiger partial charge in [-0.15, -0.1) is 0 Å². The van der Waals surface area contributed by atoms with E-state index in [4.69, 9.17) is 23.1 Å². The van der Waals surface area contributed by atoms with Crippen molar-refractivity contribution in [2.45, 2.75) is 6.54 Å². The lowest BCUT2D eigenvalue weighted by molar-refractivity contribution is 1.05. The summed E-state index contributed by atoms with van der Waals surface area (Å²) >= 11 is 8.01. The lowest BCUT2D eigenvalue weighted by atomic mass is 10.2. The third kappa shape index (κ3) is 3.40. The predicted octanol–water partition coefficient (Wildman–Crippen LogP) is 1.72. The standard InChI is InChI=1S/C8H9ClIN3/c9-6-2-1-5(3-7(6)10)4-13-8(11)12/h1-3H,4H2,(H4,11,12,13). The lowest BCUT2D eigenvalue weighted by Gasteiger charge is -1.99. The van der Waals surface area contributed by atoms with Crippen LogP contribution in [0.5, 0.6) is 0 Å². The largest absolute Gasteiger partial charge is 0.370 e. The van der Waals surface area contributed by atoms with Crippen LogP contribution in [0.3, 0.4) is 0 Å². The first-order valence-electron chi connectivity index (χ1n) is 3.59. The van der Waals surface area contributed by atoms with E-state index in [0.29, 0.717) is 6.54 Å². The van der Waals surface area contributed by atoms with Crippen LogP contribution in [0.4, 0.5) is 0 Å². The molecule has 5 heteroatoms. The molecule has 0 aliphatic heterocycles. The first kappa shape index (κ1) is 10.6. The van der Waals surface area contributed by atoms with Crippen LogP contribution in [0.2, 0.25) is 5.02 Å². The molecule has 1 aromatic carbocycles. The molecule has 0 saturated heterocycles. The minimum Gasteiger partial charge on any atom is -0.370 e. The molecule has 3 nitrogen and oxygen atoms in total. The summed E-state index contributed by atoms with van der Waals surface area (Å²) in [6.45, 7) is 0.496.